The Morgan fingerprint density at radius 3 is 2.63 bits per heavy atom. The number of aromatic nitrogens is 2. The molecule has 52 heavy (non-hydrogen) atoms. The van der Waals surface area contributed by atoms with E-state index in [0.717, 1.165) is 6.42 Å². The van der Waals surface area contributed by atoms with E-state index in [1.807, 2.05) is 12.2 Å². The molecule has 15 nitrogen and oxygen atoms in total. The summed E-state index contributed by atoms with van der Waals surface area (Å²) in [5.41, 5.74) is -0.539. The number of hydrogen-bond acceptors (Lipinski definition) is 10. The van der Waals surface area contributed by atoms with Gasteiger partial charge in [0.25, 0.3) is 11.8 Å². The average Bonchev–Trinajstić information content (AvgIpc) is 4.01. The SMILES string of the molecule is O=C(N[C@H]1CCCCC/C=C\[C@@H]2C[C@@]2(C(=O)NS(=O)(=O)C2CC2)NC(=O)[C@@H]2C[C@@H](OC(=O)N3Cc4cccc(F)c4C3)CN2C1=O)c1cnccn1. The highest BCUT2D eigenvalue weighted by Crippen LogP contribution is 2.46. The van der Waals surface area contributed by atoms with Crippen LogP contribution in [0.25, 0.3) is 0 Å². The number of sulfonamides is 1. The van der Waals surface area contributed by atoms with Crippen LogP contribution < -0.4 is 15.4 Å². The van der Waals surface area contributed by atoms with Crippen molar-refractivity contribution in [1.29, 1.82) is 0 Å². The van der Waals surface area contributed by atoms with Crippen LogP contribution >= 0.6 is 0 Å². The molecule has 1 saturated heterocycles. The summed E-state index contributed by atoms with van der Waals surface area (Å²) < 4.78 is 47.9. The van der Waals surface area contributed by atoms with Crippen LogP contribution in [-0.4, -0.2) is 93.4 Å². The van der Waals surface area contributed by atoms with Crippen LogP contribution in [0.5, 0.6) is 0 Å². The second-order valence-electron chi connectivity index (χ2n) is 14.1. The number of rotatable bonds is 6. The first-order valence-corrected chi connectivity index (χ1v) is 19.1. The van der Waals surface area contributed by atoms with Crippen molar-refractivity contribution in [3.8, 4) is 0 Å². The van der Waals surface area contributed by atoms with Crippen LogP contribution in [0.3, 0.4) is 0 Å². The van der Waals surface area contributed by atoms with Gasteiger partial charge in [-0.05, 0) is 50.2 Å². The molecule has 3 fully saturated rings. The third-order valence-electron chi connectivity index (χ3n) is 10.4. The Morgan fingerprint density at radius 2 is 1.88 bits per heavy atom. The second-order valence-corrected chi connectivity index (χ2v) is 16.1. The highest BCUT2D eigenvalue weighted by molar-refractivity contribution is 7.91. The Labute approximate surface area is 299 Å². The molecule has 0 radical (unpaired) electrons. The molecule has 276 valence electrons. The van der Waals surface area contributed by atoms with E-state index in [1.54, 1.807) is 12.1 Å². The number of hydrogen-bond donors (Lipinski definition) is 3. The third-order valence-corrected chi connectivity index (χ3v) is 12.2. The number of nitrogens with one attached hydrogen (secondary N) is 3. The maximum atomic E-state index is 14.4. The van der Waals surface area contributed by atoms with E-state index in [0.29, 0.717) is 43.2 Å². The standard InChI is InChI=1S/C35H40FN7O8S/c36-26-9-6-7-21-18-42(20-25(21)26)34(48)51-23-15-29-31(45)40-35(33(47)41-52(49,50)24-11-12-24)16-22(35)8-4-2-1-3-5-10-27(32(46)43(29)19-23)39-30(44)28-17-37-13-14-38-28/h4,6-9,13-14,17,22-24,27,29H,1-3,5,10-12,15-16,18-20H2,(H,39,44)(H,40,45)(H,41,47)/b8-4-/t22-,23-,27+,29+,35-/m1/s1. The van der Waals surface area contributed by atoms with Crippen molar-refractivity contribution in [2.24, 2.45) is 5.92 Å². The van der Waals surface area contributed by atoms with Crippen molar-refractivity contribution in [1.82, 2.24) is 35.1 Å². The fraction of sp³-hybridized carbons (Fsp3) is 0.514. The normalized spacial score (nSPS) is 28.2. The minimum absolute atomic E-state index is 0.00391. The van der Waals surface area contributed by atoms with Crippen LogP contribution in [0.15, 0.2) is 48.9 Å². The van der Waals surface area contributed by atoms with Gasteiger partial charge in [-0.25, -0.2) is 22.6 Å². The molecule has 3 N–H and O–H groups in total. The zero-order valence-electron chi connectivity index (χ0n) is 28.3. The third kappa shape index (κ3) is 7.36. The Bertz CT molecular complexity index is 1910. The Hall–Kier alpha value is -4.93. The maximum Gasteiger partial charge on any atom is 0.410 e. The predicted molar refractivity (Wildman–Crippen MR) is 181 cm³/mol. The van der Waals surface area contributed by atoms with Crippen molar-refractivity contribution in [3.63, 3.8) is 0 Å². The van der Waals surface area contributed by atoms with Crippen LogP contribution in [0.4, 0.5) is 9.18 Å². The van der Waals surface area contributed by atoms with Crippen LogP contribution in [-0.2, 0) is 42.2 Å². The van der Waals surface area contributed by atoms with Crippen molar-refractivity contribution in [3.05, 3.63) is 71.6 Å². The van der Waals surface area contributed by atoms with Gasteiger partial charge in [-0.15, -0.1) is 0 Å². The minimum atomic E-state index is -3.93. The van der Waals surface area contributed by atoms with E-state index in [-0.39, 0.29) is 44.6 Å². The van der Waals surface area contributed by atoms with E-state index in [1.165, 1.54) is 34.5 Å². The first-order chi connectivity index (χ1) is 24.9. The summed E-state index contributed by atoms with van der Waals surface area (Å²) in [6, 6.07) is 2.27. The minimum Gasteiger partial charge on any atom is -0.444 e. The van der Waals surface area contributed by atoms with Gasteiger partial charge < -0.3 is 20.3 Å². The largest absolute Gasteiger partial charge is 0.444 e. The summed E-state index contributed by atoms with van der Waals surface area (Å²) in [6.07, 6.45) is 9.85. The molecule has 5 aliphatic rings. The lowest BCUT2D eigenvalue weighted by Gasteiger charge is -2.29. The summed E-state index contributed by atoms with van der Waals surface area (Å²) in [5.74, 6) is -3.72. The monoisotopic (exact) mass is 737 g/mol. The quantitative estimate of drug-likeness (QED) is 0.368. The lowest BCUT2D eigenvalue weighted by molar-refractivity contribution is -0.141. The number of fused-ring (bicyclic) bond motifs is 3. The molecule has 1 aromatic heterocycles. The van der Waals surface area contributed by atoms with Gasteiger partial charge in [-0.3, -0.25) is 33.8 Å². The fourth-order valence-electron chi connectivity index (χ4n) is 7.22. The summed E-state index contributed by atoms with van der Waals surface area (Å²) in [5, 5.41) is 4.86. The molecule has 0 spiro atoms. The van der Waals surface area contributed by atoms with Gasteiger partial charge in [-0.2, -0.15) is 0 Å². The predicted octanol–water partition coefficient (Wildman–Crippen LogP) is 1.84. The molecular formula is C35H40FN7O8S. The summed E-state index contributed by atoms with van der Waals surface area (Å²) >= 11 is 0. The van der Waals surface area contributed by atoms with Gasteiger partial charge in [0.15, 0.2) is 0 Å². The Morgan fingerprint density at radius 1 is 1.06 bits per heavy atom. The zero-order chi connectivity index (χ0) is 36.6. The molecule has 17 heteroatoms. The molecule has 0 bridgehead atoms. The molecule has 2 saturated carbocycles. The van der Waals surface area contributed by atoms with Crippen molar-refractivity contribution in [2.75, 3.05) is 6.54 Å². The molecule has 5 atom stereocenters. The topological polar surface area (TPSA) is 197 Å². The molecule has 2 aliphatic carbocycles. The summed E-state index contributed by atoms with van der Waals surface area (Å²) in [4.78, 5) is 79.2. The number of carbonyl (C=O) groups excluding carboxylic acids is 5. The molecule has 0 unspecified atom stereocenters. The van der Waals surface area contributed by atoms with Gasteiger partial charge in [-0.1, -0.05) is 37.1 Å². The summed E-state index contributed by atoms with van der Waals surface area (Å²) in [7, 11) is -3.93. The van der Waals surface area contributed by atoms with Crippen LogP contribution in [0.1, 0.15) is 79.4 Å². The van der Waals surface area contributed by atoms with E-state index >= 15 is 0 Å². The Kier molecular flexibility index (Phi) is 9.71. The fourth-order valence-corrected chi connectivity index (χ4v) is 8.59. The van der Waals surface area contributed by atoms with Gasteiger partial charge >= 0.3 is 6.09 Å². The van der Waals surface area contributed by atoms with E-state index < -0.39 is 80.5 Å². The maximum absolute atomic E-state index is 14.4. The van der Waals surface area contributed by atoms with Crippen LogP contribution in [0, 0.1) is 11.7 Å². The number of benzene rings is 1. The first kappa shape index (κ1) is 35.5. The van der Waals surface area contributed by atoms with Crippen molar-refractivity contribution in [2.45, 2.75) is 99.9 Å². The van der Waals surface area contributed by atoms with Gasteiger partial charge in [0.05, 0.1) is 24.5 Å². The number of halogens is 1. The Balaban J connectivity index is 1.14. The summed E-state index contributed by atoms with van der Waals surface area (Å²) in [6.45, 7) is -0.0845. The number of nitrogens with zero attached hydrogens (tertiary/aromatic N) is 4. The first-order valence-electron chi connectivity index (χ1n) is 17.6. The van der Waals surface area contributed by atoms with Crippen molar-refractivity contribution < 1.29 is 41.5 Å². The molecule has 7 rings (SSSR count). The van der Waals surface area contributed by atoms with Crippen LogP contribution in [0.2, 0.25) is 0 Å². The molecular weight excluding hydrogens is 697 g/mol. The average molecular weight is 738 g/mol. The van der Waals surface area contributed by atoms with E-state index in [9.17, 15) is 36.8 Å². The highest BCUT2D eigenvalue weighted by Gasteiger charge is 2.62. The van der Waals surface area contributed by atoms with Gasteiger partial charge in [0.2, 0.25) is 21.8 Å². The lowest BCUT2D eigenvalue weighted by atomic mass is 10.0. The molecule has 1 aromatic carbocycles. The number of allylic oxidation sites excluding steroid dienone is 1. The number of carbonyl (C=O) groups is 5. The molecule has 2 aromatic rings. The zero-order valence-corrected chi connectivity index (χ0v) is 29.1. The van der Waals surface area contributed by atoms with Gasteiger partial charge in [0, 0.05) is 36.8 Å². The molecule has 3 aliphatic heterocycles. The highest BCUT2D eigenvalue weighted by atomic mass is 32.2. The molecule has 5 amide bonds. The molecule has 4 heterocycles. The van der Waals surface area contributed by atoms with E-state index in [2.05, 4.69) is 25.3 Å². The second kappa shape index (κ2) is 14.2. The van der Waals surface area contributed by atoms with E-state index in [4.69, 9.17) is 4.74 Å². The van der Waals surface area contributed by atoms with Crippen molar-refractivity contribution >= 4 is 39.7 Å². The van der Waals surface area contributed by atoms with Gasteiger partial charge in [0.1, 0.15) is 35.2 Å². The number of ether oxygens (including phenoxy) is 1. The number of amides is 5. The lowest BCUT2D eigenvalue weighted by Crippen LogP contribution is -2.58. The smallest absolute Gasteiger partial charge is 0.410 e.